The summed E-state index contributed by atoms with van der Waals surface area (Å²) in [5, 5.41) is 4.42. The second-order valence-corrected chi connectivity index (χ2v) is 7.97. The van der Waals surface area contributed by atoms with E-state index in [0.717, 1.165) is 35.1 Å². The summed E-state index contributed by atoms with van der Waals surface area (Å²) in [5.41, 5.74) is 2.70. The van der Waals surface area contributed by atoms with Crippen LogP contribution in [0.1, 0.15) is 34.9 Å². The van der Waals surface area contributed by atoms with Gasteiger partial charge >= 0.3 is 5.97 Å². The number of aryl methyl sites for hydroxylation is 1. The van der Waals surface area contributed by atoms with E-state index in [4.69, 9.17) is 4.74 Å². The smallest absolute Gasteiger partial charge is 0.358 e. The number of hydrogen-bond acceptors (Lipinski definition) is 6. The summed E-state index contributed by atoms with van der Waals surface area (Å²) in [7, 11) is 1.39. The average molecular weight is 359 g/mol. The maximum atomic E-state index is 11.9. The number of rotatable bonds is 4. The van der Waals surface area contributed by atoms with Crippen molar-refractivity contribution in [3.8, 4) is 10.4 Å². The van der Waals surface area contributed by atoms with Gasteiger partial charge < -0.3 is 10.1 Å². The summed E-state index contributed by atoms with van der Waals surface area (Å²) in [5.74, 6) is -0.382. The van der Waals surface area contributed by atoms with Crippen LogP contribution in [-0.2, 0) is 11.3 Å². The molecule has 3 rings (SSSR count). The summed E-state index contributed by atoms with van der Waals surface area (Å²) in [4.78, 5) is 19.6. The number of benzene rings is 1. The molecule has 2 heterocycles. The van der Waals surface area contributed by atoms with Crippen molar-refractivity contribution in [2.75, 3.05) is 20.2 Å². The predicted molar refractivity (Wildman–Crippen MR) is 101 cm³/mol. The molecule has 0 amide bonds. The van der Waals surface area contributed by atoms with Gasteiger partial charge in [-0.2, -0.15) is 0 Å². The molecule has 0 unspecified atom stereocenters. The normalized spacial score (nSPS) is 21.3. The Balaban J connectivity index is 1.76. The van der Waals surface area contributed by atoms with Crippen LogP contribution in [0, 0.1) is 6.92 Å². The van der Waals surface area contributed by atoms with Crippen molar-refractivity contribution in [3.05, 3.63) is 40.5 Å². The van der Waals surface area contributed by atoms with E-state index in [1.54, 1.807) is 0 Å². The molecule has 1 aliphatic heterocycles. The summed E-state index contributed by atoms with van der Waals surface area (Å²) >= 11 is 1.52. The van der Waals surface area contributed by atoms with Crippen LogP contribution in [0.4, 0.5) is 0 Å². The number of nitrogens with one attached hydrogen (secondary N) is 1. The fourth-order valence-corrected chi connectivity index (χ4v) is 4.36. The van der Waals surface area contributed by atoms with E-state index in [-0.39, 0.29) is 5.97 Å². The number of hydrogen-bond donors (Lipinski definition) is 1. The molecule has 1 aromatic heterocycles. The molecule has 1 fully saturated rings. The van der Waals surface area contributed by atoms with Crippen LogP contribution < -0.4 is 5.32 Å². The van der Waals surface area contributed by atoms with Crippen LogP contribution in [0.25, 0.3) is 10.4 Å². The van der Waals surface area contributed by atoms with E-state index in [1.807, 2.05) is 6.92 Å². The van der Waals surface area contributed by atoms with Crippen LogP contribution in [0.5, 0.6) is 0 Å². The average Bonchev–Trinajstić information content (AvgIpc) is 2.96. The molecule has 0 radical (unpaired) electrons. The molecule has 6 heteroatoms. The van der Waals surface area contributed by atoms with Crippen molar-refractivity contribution < 1.29 is 9.53 Å². The van der Waals surface area contributed by atoms with Gasteiger partial charge in [0.2, 0.25) is 0 Å². The first-order valence-electron chi connectivity index (χ1n) is 8.59. The molecule has 134 valence electrons. The van der Waals surface area contributed by atoms with Crippen molar-refractivity contribution in [1.29, 1.82) is 0 Å². The topological polar surface area (TPSA) is 54.5 Å². The quantitative estimate of drug-likeness (QED) is 0.850. The SMILES string of the molecule is COC(=O)c1nc(C)sc1-c1ccc(CN2C[C@@H](C)N[C@@H](C)C2)cc1. The number of ether oxygens (including phenoxy) is 1. The van der Waals surface area contributed by atoms with E-state index in [9.17, 15) is 4.79 Å². The van der Waals surface area contributed by atoms with Crippen molar-refractivity contribution in [1.82, 2.24) is 15.2 Å². The third kappa shape index (κ3) is 4.26. The Hall–Kier alpha value is -1.76. The monoisotopic (exact) mass is 359 g/mol. The Morgan fingerprint density at radius 1 is 1.28 bits per heavy atom. The number of thiazole rings is 1. The molecule has 2 aromatic rings. The van der Waals surface area contributed by atoms with Crippen LogP contribution in [-0.4, -0.2) is 48.1 Å². The number of carbonyl (C=O) groups excluding carboxylic acids is 1. The molecule has 25 heavy (non-hydrogen) atoms. The first-order chi connectivity index (χ1) is 12.0. The predicted octanol–water partition coefficient (Wildman–Crippen LogP) is 3.09. The van der Waals surface area contributed by atoms with E-state index in [2.05, 4.69) is 53.3 Å². The van der Waals surface area contributed by atoms with Gasteiger partial charge in [-0.15, -0.1) is 11.3 Å². The molecule has 0 saturated carbocycles. The summed E-state index contributed by atoms with van der Waals surface area (Å²) in [6.45, 7) is 9.43. The van der Waals surface area contributed by atoms with Crippen molar-refractivity contribution >= 4 is 17.3 Å². The number of esters is 1. The molecular formula is C19H25N3O2S. The van der Waals surface area contributed by atoms with Crippen LogP contribution in [0.15, 0.2) is 24.3 Å². The zero-order chi connectivity index (χ0) is 18.0. The molecule has 2 atom stereocenters. The first-order valence-corrected chi connectivity index (χ1v) is 9.41. The van der Waals surface area contributed by atoms with E-state index >= 15 is 0 Å². The highest BCUT2D eigenvalue weighted by atomic mass is 32.1. The lowest BCUT2D eigenvalue weighted by Crippen LogP contribution is -2.53. The standard InChI is InChI=1S/C19H25N3O2S/c1-12-9-22(10-13(2)20-12)11-15-5-7-16(8-6-15)18-17(19(23)24-4)21-14(3)25-18/h5-8,12-13,20H,9-11H2,1-4H3/t12-,13+. The molecule has 5 nitrogen and oxygen atoms in total. The second kappa shape index (κ2) is 7.64. The van der Waals surface area contributed by atoms with Gasteiger partial charge in [0.1, 0.15) is 0 Å². The minimum absolute atomic E-state index is 0.382. The minimum atomic E-state index is -0.382. The highest BCUT2D eigenvalue weighted by molar-refractivity contribution is 7.15. The Morgan fingerprint density at radius 3 is 2.52 bits per heavy atom. The number of piperazine rings is 1. The number of methoxy groups -OCH3 is 1. The lowest BCUT2D eigenvalue weighted by molar-refractivity contribution is 0.0595. The lowest BCUT2D eigenvalue weighted by atomic mass is 10.1. The molecular weight excluding hydrogens is 334 g/mol. The number of carbonyl (C=O) groups is 1. The van der Waals surface area contributed by atoms with Crippen molar-refractivity contribution in [3.63, 3.8) is 0 Å². The molecule has 1 aromatic carbocycles. The van der Waals surface area contributed by atoms with Gasteiger partial charge in [-0.3, -0.25) is 4.90 Å². The van der Waals surface area contributed by atoms with Crippen LogP contribution >= 0.6 is 11.3 Å². The molecule has 0 spiro atoms. The number of aromatic nitrogens is 1. The van der Waals surface area contributed by atoms with Gasteiger partial charge in [0.25, 0.3) is 0 Å². The molecule has 1 saturated heterocycles. The molecule has 0 bridgehead atoms. The summed E-state index contributed by atoms with van der Waals surface area (Å²) in [6.07, 6.45) is 0. The fraction of sp³-hybridized carbons (Fsp3) is 0.474. The third-order valence-electron chi connectivity index (χ3n) is 4.37. The number of nitrogens with zero attached hydrogens (tertiary/aromatic N) is 2. The summed E-state index contributed by atoms with van der Waals surface area (Å²) < 4.78 is 4.85. The molecule has 0 aliphatic carbocycles. The highest BCUT2D eigenvalue weighted by Crippen LogP contribution is 2.31. The van der Waals surface area contributed by atoms with Gasteiger partial charge in [-0.1, -0.05) is 24.3 Å². The molecule has 1 N–H and O–H groups in total. The maximum absolute atomic E-state index is 11.9. The van der Waals surface area contributed by atoms with Gasteiger partial charge in [0.05, 0.1) is 17.0 Å². The van der Waals surface area contributed by atoms with Crippen molar-refractivity contribution in [2.24, 2.45) is 0 Å². The van der Waals surface area contributed by atoms with E-state index in [1.165, 1.54) is 24.0 Å². The van der Waals surface area contributed by atoms with Gasteiger partial charge in [0, 0.05) is 31.7 Å². The van der Waals surface area contributed by atoms with Gasteiger partial charge in [-0.25, -0.2) is 9.78 Å². The zero-order valence-electron chi connectivity index (χ0n) is 15.2. The minimum Gasteiger partial charge on any atom is -0.464 e. The van der Waals surface area contributed by atoms with Crippen LogP contribution in [0.3, 0.4) is 0 Å². The van der Waals surface area contributed by atoms with E-state index in [0.29, 0.717) is 17.8 Å². The Labute approximate surface area is 153 Å². The molecule has 1 aliphatic rings. The van der Waals surface area contributed by atoms with E-state index < -0.39 is 0 Å². The lowest BCUT2D eigenvalue weighted by Gasteiger charge is -2.36. The fourth-order valence-electron chi connectivity index (χ4n) is 3.45. The van der Waals surface area contributed by atoms with Crippen molar-refractivity contribution in [2.45, 2.75) is 39.4 Å². The largest absolute Gasteiger partial charge is 0.464 e. The highest BCUT2D eigenvalue weighted by Gasteiger charge is 2.21. The Morgan fingerprint density at radius 2 is 1.92 bits per heavy atom. The van der Waals surface area contributed by atoms with Crippen LogP contribution in [0.2, 0.25) is 0 Å². The van der Waals surface area contributed by atoms with Gasteiger partial charge in [-0.05, 0) is 31.9 Å². The first kappa shape index (κ1) is 18.0. The van der Waals surface area contributed by atoms with Gasteiger partial charge in [0.15, 0.2) is 5.69 Å². The maximum Gasteiger partial charge on any atom is 0.358 e. The second-order valence-electron chi connectivity index (χ2n) is 6.76. The Bertz CT molecular complexity index is 732. The summed E-state index contributed by atoms with van der Waals surface area (Å²) in [6, 6.07) is 9.47. The Kier molecular flexibility index (Phi) is 5.51. The zero-order valence-corrected chi connectivity index (χ0v) is 16.0. The third-order valence-corrected chi connectivity index (χ3v) is 5.39.